The van der Waals surface area contributed by atoms with Crippen LogP contribution in [0.1, 0.15) is 82.9 Å². The van der Waals surface area contributed by atoms with Gasteiger partial charge < -0.3 is 79.8 Å². The zero-order valence-corrected chi connectivity index (χ0v) is 49.9. The van der Waals surface area contributed by atoms with E-state index >= 15 is 0 Å². The van der Waals surface area contributed by atoms with E-state index in [1.807, 2.05) is 24.3 Å². The molecule has 0 aliphatic carbocycles. The SMILES string of the molecule is CN=C(N)NCCC[C@H](NC(=O)[C@H](CC(C)C)NC(=O)NNC(=O)[C@H](Cc1ccccc1)NC(=O)[C@@H](NC(=O)[C@H](CC(N)=O)NC(=O)[C@@H]1CCCN(C(=O)[C@@H](Cc2ccc(O)cc2)NC(C)=O)C1)[C@@H](C)O)C(=O)N[C@@H](Cc1c[nH]c2ccccc12)C(N)=O. The smallest absolute Gasteiger partial charge is 0.334 e. The van der Waals surface area contributed by atoms with Crippen LogP contribution in [0.3, 0.4) is 0 Å². The van der Waals surface area contributed by atoms with Crippen LogP contribution in [0.2, 0.25) is 0 Å². The number of aromatic nitrogens is 1. The second-order valence-electron chi connectivity index (χ2n) is 22.0. The van der Waals surface area contributed by atoms with Crippen LogP contribution < -0.4 is 70.6 Å². The molecule has 12 amide bonds. The fourth-order valence-electron chi connectivity index (χ4n) is 9.87. The van der Waals surface area contributed by atoms with Crippen LogP contribution in [0.4, 0.5) is 4.79 Å². The van der Waals surface area contributed by atoms with E-state index in [2.05, 4.69) is 63.4 Å². The first-order valence-corrected chi connectivity index (χ1v) is 28.8. The molecule has 1 saturated heterocycles. The number of hydrogen-bond acceptors (Lipinski definition) is 14. The molecule has 4 aromatic rings. The lowest BCUT2D eigenvalue weighted by molar-refractivity contribution is -0.140. The minimum absolute atomic E-state index is 0.0101. The number of amides is 12. The maximum Gasteiger partial charge on any atom is 0.334 e. The number of hydrogen-bond donors (Lipinski definition) is 16. The fraction of sp³-hybridized carbons (Fsp3) is 0.458. The molecule has 88 heavy (non-hydrogen) atoms. The summed E-state index contributed by atoms with van der Waals surface area (Å²) in [4.78, 5) is 157. The first kappa shape index (κ1) is 69.0. The number of benzene rings is 3. The Morgan fingerprint density at radius 3 is 1.94 bits per heavy atom. The van der Waals surface area contributed by atoms with E-state index in [0.29, 0.717) is 23.1 Å². The normalized spacial score (nSPS) is 15.9. The van der Waals surface area contributed by atoms with Gasteiger partial charge in [-0.25, -0.2) is 10.2 Å². The third-order valence-electron chi connectivity index (χ3n) is 14.4. The molecule has 0 bridgehead atoms. The highest BCUT2D eigenvalue weighted by Gasteiger charge is 2.37. The van der Waals surface area contributed by atoms with Gasteiger partial charge in [0.15, 0.2) is 5.96 Å². The van der Waals surface area contributed by atoms with Gasteiger partial charge in [0.1, 0.15) is 48.0 Å². The van der Waals surface area contributed by atoms with Crippen molar-refractivity contribution in [3.63, 3.8) is 0 Å². The number of aliphatic hydroxyl groups is 1. The van der Waals surface area contributed by atoms with Gasteiger partial charge in [0.25, 0.3) is 5.91 Å². The molecule has 9 atom stereocenters. The summed E-state index contributed by atoms with van der Waals surface area (Å²) in [7, 11) is 1.48. The predicted molar refractivity (Wildman–Crippen MR) is 323 cm³/mol. The highest BCUT2D eigenvalue weighted by Crippen LogP contribution is 2.22. The predicted octanol–water partition coefficient (Wildman–Crippen LogP) is -2.13. The number of carbonyl (C=O) groups is 11. The third-order valence-corrected chi connectivity index (χ3v) is 14.4. The van der Waals surface area contributed by atoms with Gasteiger partial charge >= 0.3 is 6.03 Å². The second-order valence-corrected chi connectivity index (χ2v) is 22.0. The lowest BCUT2D eigenvalue weighted by atomic mass is 9.95. The summed E-state index contributed by atoms with van der Waals surface area (Å²) >= 11 is 0. The summed E-state index contributed by atoms with van der Waals surface area (Å²) in [6, 6.07) is 10.8. The Bertz CT molecular complexity index is 3120. The van der Waals surface area contributed by atoms with Gasteiger partial charge in [-0.1, -0.05) is 74.5 Å². The van der Waals surface area contributed by atoms with Crippen LogP contribution in [0.15, 0.2) is 90.1 Å². The van der Waals surface area contributed by atoms with E-state index in [4.69, 9.17) is 17.2 Å². The van der Waals surface area contributed by atoms with Gasteiger partial charge in [0.05, 0.1) is 18.4 Å². The molecule has 29 nitrogen and oxygen atoms in total. The minimum Gasteiger partial charge on any atom is -0.508 e. The highest BCUT2D eigenvalue weighted by atomic mass is 16.3. The highest BCUT2D eigenvalue weighted by molar-refractivity contribution is 5.98. The number of aromatic amines is 1. The molecule has 0 spiro atoms. The van der Waals surface area contributed by atoms with E-state index in [1.54, 1.807) is 62.5 Å². The van der Waals surface area contributed by atoms with Crippen molar-refractivity contribution in [2.75, 3.05) is 26.7 Å². The molecular formula is C59H82N16O13. The molecule has 3 aromatic carbocycles. The summed E-state index contributed by atoms with van der Waals surface area (Å²) in [6.07, 6.45) is 0.125. The molecule has 1 aliphatic rings. The van der Waals surface area contributed by atoms with Crippen molar-refractivity contribution in [1.29, 1.82) is 0 Å². The zero-order valence-electron chi connectivity index (χ0n) is 49.9. The van der Waals surface area contributed by atoms with Crippen molar-refractivity contribution in [3.05, 3.63) is 102 Å². The fourth-order valence-corrected chi connectivity index (χ4v) is 9.87. The Morgan fingerprint density at radius 1 is 0.670 bits per heavy atom. The molecular weight excluding hydrogens is 1140 g/mol. The van der Waals surface area contributed by atoms with E-state index in [1.165, 1.54) is 31.0 Å². The van der Waals surface area contributed by atoms with E-state index in [0.717, 1.165) is 17.8 Å². The van der Waals surface area contributed by atoms with Crippen LogP contribution in [0, 0.1) is 11.8 Å². The number of fused-ring (bicyclic) bond motifs is 1. The summed E-state index contributed by atoms with van der Waals surface area (Å²) in [5, 5.41) is 42.2. The molecule has 19 N–H and O–H groups in total. The number of piperidine rings is 1. The lowest BCUT2D eigenvalue weighted by Crippen LogP contribution is -2.62. The Morgan fingerprint density at radius 2 is 1.30 bits per heavy atom. The molecule has 1 fully saturated rings. The minimum atomic E-state index is -1.83. The quantitative estimate of drug-likeness (QED) is 0.0115. The topological polar surface area (TPSA) is 458 Å². The van der Waals surface area contributed by atoms with Crippen LogP contribution in [-0.2, 0) is 67.2 Å². The number of phenolic OH excluding ortho intramolecular Hbond substituents is 1. The molecule has 0 saturated carbocycles. The largest absolute Gasteiger partial charge is 0.508 e. The first-order valence-electron chi connectivity index (χ1n) is 28.8. The van der Waals surface area contributed by atoms with Gasteiger partial charge in [0, 0.05) is 70.0 Å². The van der Waals surface area contributed by atoms with Crippen molar-refractivity contribution in [3.8, 4) is 5.75 Å². The third kappa shape index (κ3) is 21.9. The van der Waals surface area contributed by atoms with E-state index in [-0.39, 0.29) is 82.2 Å². The van der Waals surface area contributed by atoms with Crippen molar-refractivity contribution in [2.45, 2.75) is 134 Å². The summed E-state index contributed by atoms with van der Waals surface area (Å²) in [5.74, 6) is -9.31. The van der Waals surface area contributed by atoms with Gasteiger partial charge in [-0.05, 0) is 79.8 Å². The molecule has 1 aliphatic heterocycles. The van der Waals surface area contributed by atoms with Crippen molar-refractivity contribution in [2.24, 2.45) is 34.0 Å². The molecule has 1 aromatic heterocycles. The maximum absolute atomic E-state index is 14.1. The molecule has 5 rings (SSSR count). The average molecular weight is 1220 g/mol. The zero-order chi connectivity index (χ0) is 64.6. The number of urea groups is 1. The monoisotopic (exact) mass is 1220 g/mol. The number of aromatic hydroxyl groups is 1. The summed E-state index contributed by atoms with van der Waals surface area (Å²) < 4.78 is 0. The van der Waals surface area contributed by atoms with Gasteiger partial charge in [-0.15, -0.1) is 0 Å². The number of aliphatic hydroxyl groups excluding tert-OH is 1. The van der Waals surface area contributed by atoms with Gasteiger partial charge in [-0.2, -0.15) is 0 Å². The maximum atomic E-state index is 14.1. The molecule has 476 valence electrons. The number of primary amides is 2. The number of hydrazine groups is 1. The number of likely N-dealkylation sites (tertiary alicyclic amines) is 1. The van der Waals surface area contributed by atoms with Crippen LogP contribution in [0.5, 0.6) is 5.75 Å². The van der Waals surface area contributed by atoms with Crippen LogP contribution in [-0.4, -0.2) is 166 Å². The number of carbonyl (C=O) groups excluding carboxylic acids is 11. The summed E-state index contributed by atoms with van der Waals surface area (Å²) in [6.45, 7) is 6.32. The molecule has 29 heteroatoms. The molecule has 0 radical (unpaired) electrons. The van der Waals surface area contributed by atoms with Crippen molar-refractivity contribution < 1.29 is 63.0 Å². The number of rotatable bonds is 30. The number of nitrogens with two attached hydrogens (primary N) is 3. The number of para-hydroxylation sites is 1. The van der Waals surface area contributed by atoms with Gasteiger partial charge in [0.2, 0.25) is 53.2 Å². The second kappa shape index (κ2) is 33.8. The van der Waals surface area contributed by atoms with Crippen molar-refractivity contribution in [1.82, 2.24) is 63.3 Å². The van der Waals surface area contributed by atoms with E-state index in [9.17, 15) is 63.0 Å². The van der Waals surface area contributed by atoms with Crippen LogP contribution >= 0.6 is 0 Å². The number of nitrogens with one attached hydrogen (secondary N) is 11. The lowest BCUT2D eigenvalue weighted by Gasteiger charge is -2.35. The number of guanidine groups is 1. The van der Waals surface area contributed by atoms with Crippen LogP contribution in [0.25, 0.3) is 10.9 Å². The number of aliphatic imine (C=N–C) groups is 1. The standard InChI is InChI=1S/C59H82N16O13/c1-32(2)25-44(53(83)67-42(18-11-23-64-58(62)63-5)52(82)68-43(50(61)80)28-38-30-65-41-17-10-9-16-40(38)41)71-59(88)74-73-55(85)45(26-35-13-7-6-8-14-35)70-56(86)49(33(3)76)72-54(84)46(29-48(60)79)69-51(81)37-15-12-24-75(31-37)57(87)47(66-34(4)77)27-36-19-21-39(78)22-20-36/h6-10,13-14,16-17,19-22,30,32-33,37,42-47,49,65,76,78H,11-12,15,18,23-29,31H2,1-5H3,(H2,60,79)(H2,61,80)(H,66,77)(H,67,83)(H,68,82)(H,69,81)(H,70,86)(H,72,84)(H,73,85)(H3,62,63,64)(H2,71,74,88)/t33-,37-,42+,43+,44+,45+,46+,47-,49+/m1/s1. The summed E-state index contributed by atoms with van der Waals surface area (Å²) in [5.41, 5.74) is 24.2. The Labute approximate surface area is 508 Å². The Kier molecular flexibility index (Phi) is 26.5. The number of phenols is 1. The Balaban J connectivity index is 1.25. The average Bonchev–Trinajstić information content (AvgIpc) is 4.16. The van der Waals surface area contributed by atoms with Crippen molar-refractivity contribution >= 4 is 82.0 Å². The molecule has 2 heterocycles. The van der Waals surface area contributed by atoms with E-state index < -0.39 is 126 Å². The first-order chi connectivity index (χ1) is 41.8. The molecule has 0 unspecified atom stereocenters. The van der Waals surface area contributed by atoms with Gasteiger partial charge in [-0.3, -0.25) is 58.4 Å². The number of nitrogens with zero attached hydrogens (tertiary/aromatic N) is 2. The Hall–Kier alpha value is -9.80. The number of H-pyrrole nitrogens is 1.